The molecule has 1 unspecified atom stereocenters. The minimum Gasteiger partial charge on any atom is -0.313 e. The Balaban J connectivity index is 2.31. The first kappa shape index (κ1) is 16.0. The topological polar surface area (TPSA) is 12.0 Å². The number of halogens is 4. The molecule has 0 bridgehead atoms. The lowest BCUT2D eigenvalue weighted by atomic mass is 9.98. The summed E-state index contributed by atoms with van der Waals surface area (Å²) >= 11 is 13.0. The third kappa shape index (κ3) is 3.82. The lowest BCUT2D eigenvalue weighted by molar-refractivity contribution is 0.533. The summed E-state index contributed by atoms with van der Waals surface area (Å²) in [7, 11) is 1.82. The highest BCUT2D eigenvalue weighted by Gasteiger charge is 2.16. The van der Waals surface area contributed by atoms with Crippen LogP contribution in [0.5, 0.6) is 0 Å². The molecule has 2 aromatic carbocycles. The summed E-state index contributed by atoms with van der Waals surface area (Å²) in [6.45, 7) is 0. The normalized spacial score (nSPS) is 12.4. The Hall–Kier alpha value is -0.420. The van der Waals surface area contributed by atoms with Gasteiger partial charge in [-0.25, -0.2) is 4.39 Å². The summed E-state index contributed by atoms with van der Waals surface area (Å²) < 4.78 is 15.8. The zero-order valence-corrected chi connectivity index (χ0v) is 14.7. The van der Waals surface area contributed by atoms with Gasteiger partial charge in [-0.3, -0.25) is 0 Å². The Morgan fingerprint density at radius 2 is 1.80 bits per heavy atom. The van der Waals surface area contributed by atoms with Crippen molar-refractivity contribution in [2.75, 3.05) is 7.05 Å². The van der Waals surface area contributed by atoms with Crippen molar-refractivity contribution in [3.8, 4) is 0 Å². The first-order chi connectivity index (χ1) is 9.51. The molecule has 0 aliphatic rings. The highest BCUT2D eigenvalue weighted by atomic mass is 79.9. The van der Waals surface area contributed by atoms with E-state index in [1.165, 1.54) is 6.07 Å². The van der Waals surface area contributed by atoms with Crippen molar-refractivity contribution in [1.82, 2.24) is 5.32 Å². The van der Waals surface area contributed by atoms with Crippen LogP contribution in [0.1, 0.15) is 17.2 Å². The van der Waals surface area contributed by atoms with E-state index in [0.29, 0.717) is 17.0 Å². The molecule has 20 heavy (non-hydrogen) atoms. The van der Waals surface area contributed by atoms with E-state index in [0.717, 1.165) is 14.5 Å². The minimum atomic E-state index is -0.221. The van der Waals surface area contributed by atoms with E-state index in [9.17, 15) is 4.39 Å². The second kappa shape index (κ2) is 7.03. The summed E-state index contributed by atoms with van der Waals surface area (Å²) in [5.74, 6) is -0.221. The van der Waals surface area contributed by atoms with Gasteiger partial charge in [0.05, 0.1) is 0 Å². The van der Waals surface area contributed by atoms with Gasteiger partial charge in [0.15, 0.2) is 0 Å². The molecule has 0 fully saturated rings. The molecule has 2 rings (SSSR count). The van der Waals surface area contributed by atoms with E-state index in [2.05, 4.69) is 37.2 Å². The Bertz CT molecular complexity index is 619. The molecular weight excluding hydrogens is 408 g/mol. The lowest BCUT2D eigenvalue weighted by Gasteiger charge is -2.18. The standard InChI is InChI=1S/C15H13Br2ClFN/c1-20-15(12-7-10(16)4-5-14(12)19)6-9-2-3-11(17)8-13(9)18/h2-5,7-8,15,20H,6H2,1H3. The number of nitrogens with one attached hydrogen (secondary N) is 1. The van der Waals surface area contributed by atoms with Crippen molar-refractivity contribution in [3.63, 3.8) is 0 Å². The summed E-state index contributed by atoms with van der Waals surface area (Å²) in [6, 6.07) is 10.6. The molecule has 1 atom stereocenters. The summed E-state index contributed by atoms with van der Waals surface area (Å²) in [6.07, 6.45) is 0.621. The van der Waals surface area contributed by atoms with Gasteiger partial charge in [0, 0.05) is 25.6 Å². The molecule has 0 amide bonds. The van der Waals surface area contributed by atoms with Crippen LogP contribution in [-0.4, -0.2) is 7.05 Å². The van der Waals surface area contributed by atoms with E-state index >= 15 is 0 Å². The largest absolute Gasteiger partial charge is 0.313 e. The molecule has 0 saturated heterocycles. The lowest BCUT2D eigenvalue weighted by Crippen LogP contribution is -2.20. The third-order valence-corrected chi connectivity index (χ3v) is 4.46. The second-order valence-corrected chi connectivity index (χ2v) is 6.69. The van der Waals surface area contributed by atoms with Crippen LogP contribution in [0, 0.1) is 5.82 Å². The molecule has 0 spiro atoms. The second-order valence-electron chi connectivity index (χ2n) is 4.45. The van der Waals surface area contributed by atoms with Gasteiger partial charge in [0.1, 0.15) is 5.82 Å². The number of benzene rings is 2. The molecule has 5 heteroatoms. The molecule has 0 aliphatic heterocycles. The Morgan fingerprint density at radius 3 is 2.45 bits per heavy atom. The van der Waals surface area contributed by atoms with E-state index in [4.69, 9.17) is 11.6 Å². The Morgan fingerprint density at radius 1 is 1.15 bits per heavy atom. The van der Waals surface area contributed by atoms with E-state index in [-0.39, 0.29) is 11.9 Å². The summed E-state index contributed by atoms with van der Waals surface area (Å²) in [4.78, 5) is 0. The molecule has 1 nitrogen and oxygen atoms in total. The number of rotatable bonds is 4. The van der Waals surface area contributed by atoms with Gasteiger partial charge in [0.25, 0.3) is 0 Å². The highest BCUT2D eigenvalue weighted by Crippen LogP contribution is 2.28. The molecule has 0 aliphatic carbocycles. The summed E-state index contributed by atoms with van der Waals surface area (Å²) in [5, 5.41) is 3.82. The predicted molar refractivity (Wildman–Crippen MR) is 88.8 cm³/mol. The fourth-order valence-corrected chi connectivity index (χ4v) is 3.19. The maximum absolute atomic E-state index is 14.0. The van der Waals surface area contributed by atoms with Gasteiger partial charge in [0.2, 0.25) is 0 Å². The van der Waals surface area contributed by atoms with Crippen LogP contribution >= 0.6 is 43.5 Å². The van der Waals surface area contributed by atoms with Gasteiger partial charge in [-0.15, -0.1) is 0 Å². The maximum Gasteiger partial charge on any atom is 0.128 e. The molecule has 106 valence electrons. The average Bonchev–Trinajstić information content (AvgIpc) is 2.41. The number of hydrogen-bond acceptors (Lipinski definition) is 1. The SMILES string of the molecule is CNC(Cc1ccc(Br)cc1Cl)c1cc(Br)ccc1F. The van der Waals surface area contributed by atoms with Crippen LogP contribution < -0.4 is 5.32 Å². The molecule has 0 radical (unpaired) electrons. The zero-order valence-electron chi connectivity index (χ0n) is 10.8. The van der Waals surface area contributed by atoms with Crippen LogP contribution in [0.25, 0.3) is 0 Å². The van der Waals surface area contributed by atoms with Gasteiger partial charge >= 0.3 is 0 Å². The molecule has 0 saturated carbocycles. The third-order valence-electron chi connectivity index (χ3n) is 3.12. The Kier molecular flexibility index (Phi) is 5.61. The van der Waals surface area contributed by atoms with Crippen LogP contribution in [-0.2, 0) is 6.42 Å². The smallest absolute Gasteiger partial charge is 0.128 e. The molecule has 0 aromatic heterocycles. The predicted octanol–water partition coefficient (Wildman–Crippen LogP) is 5.51. The van der Waals surface area contributed by atoms with Crippen molar-refractivity contribution < 1.29 is 4.39 Å². The van der Waals surface area contributed by atoms with Crippen molar-refractivity contribution >= 4 is 43.5 Å². The van der Waals surface area contributed by atoms with Gasteiger partial charge in [-0.2, -0.15) is 0 Å². The Labute approximate surface area is 139 Å². The van der Waals surface area contributed by atoms with Gasteiger partial charge in [-0.05, 0) is 49.4 Å². The quantitative estimate of drug-likeness (QED) is 0.687. The van der Waals surface area contributed by atoms with Crippen LogP contribution in [0.3, 0.4) is 0 Å². The minimum absolute atomic E-state index is 0.133. The highest BCUT2D eigenvalue weighted by molar-refractivity contribution is 9.10. The van der Waals surface area contributed by atoms with Gasteiger partial charge in [-0.1, -0.05) is 49.5 Å². The first-order valence-corrected chi connectivity index (χ1v) is 8.04. The van der Waals surface area contributed by atoms with E-state index < -0.39 is 0 Å². The van der Waals surface area contributed by atoms with Crippen molar-refractivity contribution in [3.05, 3.63) is 67.3 Å². The number of likely N-dealkylation sites (N-methyl/N-ethyl adjacent to an activating group) is 1. The van der Waals surface area contributed by atoms with Crippen LogP contribution in [0.2, 0.25) is 5.02 Å². The van der Waals surface area contributed by atoms with Gasteiger partial charge < -0.3 is 5.32 Å². The average molecular weight is 422 g/mol. The zero-order chi connectivity index (χ0) is 14.7. The fourth-order valence-electron chi connectivity index (χ4n) is 2.06. The van der Waals surface area contributed by atoms with Crippen molar-refractivity contribution in [1.29, 1.82) is 0 Å². The first-order valence-electron chi connectivity index (χ1n) is 6.07. The molecule has 1 N–H and O–H groups in total. The number of hydrogen-bond donors (Lipinski definition) is 1. The van der Waals surface area contributed by atoms with Crippen LogP contribution in [0.4, 0.5) is 4.39 Å². The van der Waals surface area contributed by atoms with Crippen molar-refractivity contribution in [2.45, 2.75) is 12.5 Å². The van der Waals surface area contributed by atoms with Crippen molar-refractivity contribution in [2.24, 2.45) is 0 Å². The summed E-state index contributed by atoms with van der Waals surface area (Å²) in [5.41, 5.74) is 1.61. The molecule has 0 heterocycles. The van der Waals surface area contributed by atoms with E-state index in [1.54, 1.807) is 12.1 Å². The molecule has 2 aromatic rings. The van der Waals surface area contributed by atoms with Crippen LogP contribution in [0.15, 0.2) is 45.3 Å². The van der Waals surface area contributed by atoms with E-state index in [1.807, 2.05) is 25.2 Å². The molecular formula is C15H13Br2ClFN. The maximum atomic E-state index is 14.0. The monoisotopic (exact) mass is 419 g/mol. The fraction of sp³-hybridized carbons (Fsp3) is 0.200.